The van der Waals surface area contributed by atoms with E-state index in [1.165, 1.54) is 18.2 Å². The minimum Gasteiger partial charge on any atom is -0.393 e. The highest BCUT2D eigenvalue weighted by molar-refractivity contribution is 5.95. The molecule has 0 heterocycles. The van der Waals surface area contributed by atoms with Gasteiger partial charge in [-0.2, -0.15) is 0 Å². The number of carbonyl (C=O) groups excluding carboxylic acids is 1. The third kappa shape index (κ3) is 3.69. The molecule has 1 aromatic rings. The van der Waals surface area contributed by atoms with Gasteiger partial charge in [0.2, 0.25) is 0 Å². The minimum atomic E-state index is -0.571. The van der Waals surface area contributed by atoms with E-state index in [9.17, 15) is 14.9 Å². The number of nitrogen functional groups attached to an aromatic ring is 1. The molecule has 0 aliphatic heterocycles. The molecule has 0 atom stereocenters. The van der Waals surface area contributed by atoms with Crippen LogP contribution in [0.5, 0.6) is 0 Å². The first-order chi connectivity index (χ1) is 9.15. The van der Waals surface area contributed by atoms with Gasteiger partial charge in [0.15, 0.2) is 0 Å². The summed E-state index contributed by atoms with van der Waals surface area (Å²) in [5.74, 6) is 0.144. The largest absolute Gasteiger partial charge is 0.393 e. The summed E-state index contributed by atoms with van der Waals surface area (Å²) < 4.78 is 0. The maximum atomic E-state index is 12.0. The lowest BCUT2D eigenvalue weighted by atomic mass is 9.81. The summed E-state index contributed by atoms with van der Waals surface area (Å²) >= 11 is 0. The van der Waals surface area contributed by atoms with Crippen LogP contribution in [0.25, 0.3) is 0 Å². The maximum absolute atomic E-state index is 12.0. The summed E-state index contributed by atoms with van der Waals surface area (Å²) in [4.78, 5) is 22.1. The van der Waals surface area contributed by atoms with Gasteiger partial charge in [0.25, 0.3) is 11.6 Å². The highest BCUT2D eigenvalue weighted by atomic mass is 16.6. The molecule has 0 bridgehead atoms. The minimum absolute atomic E-state index is 0.00855. The third-order valence-corrected chi connectivity index (χ3v) is 3.75. The fourth-order valence-electron chi connectivity index (χ4n) is 1.48. The Bertz CT molecular complexity index is 524. The second-order valence-corrected chi connectivity index (χ2v) is 5.86. The van der Waals surface area contributed by atoms with E-state index in [4.69, 9.17) is 5.73 Å². The van der Waals surface area contributed by atoms with E-state index in [-0.39, 0.29) is 22.7 Å². The van der Waals surface area contributed by atoms with Crippen molar-refractivity contribution in [2.75, 3.05) is 12.3 Å². The van der Waals surface area contributed by atoms with Crippen LogP contribution in [0, 0.1) is 21.4 Å². The fourth-order valence-corrected chi connectivity index (χ4v) is 1.48. The molecule has 1 amide bonds. The molecular formula is C14H21N3O3. The van der Waals surface area contributed by atoms with Crippen LogP contribution in [0.3, 0.4) is 0 Å². The summed E-state index contributed by atoms with van der Waals surface area (Å²) in [6.07, 6.45) is 0. The van der Waals surface area contributed by atoms with E-state index in [1.807, 2.05) is 0 Å². The van der Waals surface area contributed by atoms with Crippen molar-refractivity contribution < 1.29 is 9.72 Å². The van der Waals surface area contributed by atoms with E-state index in [0.29, 0.717) is 18.0 Å². The van der Waals surface area contributed by atoms with Gasteiger partial charge >= 0.3 is 0 Å². The van der Waals surface area contributed by atoms with E-state index in [1.54, 1.807) is 0 Å². The molecular weight excluding hydrogens is 258 g/mol. The van der Waals surface area contributed by atoms with Crippen LogP contribution in [0.1, 0.15) is 38.1 Å². The first-order valence-electron chi connectivity index (χ1n) is 6.47. The molecule has 1 rings (SSSR count). The molecule has 0 saturated carbocycles. The Morgan fingerprint density at radius 3 is 2.50 bits per heavy atom. The Hall–Kier alpha value is -2.11. The molecule has 0 aromatic heterocycles. The van der Waals surface area contributed by atoms with Crippen LogP contribution >= 0.6 is 0 Å². The van der Waals surface area contributed by atoms with E-state index in [2.05, 4.69) is 33.0 Å². The smallest absolute Gasteiger partial charge is 0.292 e. The molecule has 0 radical (unpaired) electrons. The predicted molar refractivity (Wildman–Crippen MR) is 78.5 cm³/mol. The van der Waals surface area contributed by atoms with E-state index in [0.717, 1.165) is 0 Å². The number of hydrogen-bond donors (Lipinski definition) is 2. The standard InChI is InChI=1S/C14H21N3O3/c1-9(2)14(3,4)8-16-13(18)10-5-6-12(17(19)20)11(15)7-10/h5-7,9H,8,15H2,1-4H3,(H,16,18). The number of nitrogens with one attached hydrogen (secondary N) is 1. The van der Waals surface area contributed by atoms with Crippen molar-refractivity contribution in [3.8, 4) is 0 Å². The summed E-state index contributed by atoms with van der Waals surface area (Å²) in [5, 5.41) is 13.5. The Morgan fingerprint density at radius 2 is 2.05 bits per heavy atom. The molecule has 0 fully saturated rings. The summed E-state index contributed by atoms with van der Waals surface area (Å²) in [5.41, 5.74) is 5.67. The zero-order chi connectivity index (χ0) is 15.5. The highest BCUT2D eigenvalue weighted by Gasteiger charge is 2.23. The van der Waals surface area contributed by atoms with Crippen molar-refractivity contribution in [3.05, 3.63) is 33.9 Å². The van der Waals surface area contributed by atoms with Gasteiger partial charge < -0.3 is 11.1 Å². The van der Waals surface area contributed by atoms with E-state index < -0.39 is 4.92 Å². The summed E-state index contributed by atoms with van der Waals surface area (Å²) in [6.45, 7) is 8.86. The average Bonchev–Trinajstić information content (AvgIpc) is 2.35. The zero-order valence-corrected chi connectivity index (χ0v) is 12.3. The molecule has 1 aromatic carbocycles. The first-order valence-corrected chi connectivity index (χ1v) is 6.47. The topological polar surface area (TPSA) is 98.3 Å². The van der Waals surface area contributed by atoms with Gasteiger partial charge in [-0.1, -0.05) is 27.7 Å². The van der Waals surface area contributed by atoms with Gasteiger partial charge in [0.1, 0.15) is 5.69 Å². The number of benzene rings is 1. The van der Waals surface area contributed by atoms with Crippen LogP contribution < -0.4 is 11.1 Å². The van der Waals surface area contributed by atoms with Gasteiger partial charge in [0, 0.05) is 18.2 Å². The van der Waals surface area contributed by atoms with E-state index >= 15 is 0 Å². The Balaban J connectivity index is 2.79. The van der Waals surface area contributed by atoms with Gasteiger partial charge in [-0.05, 0) is 23.5 Å². The second-order valence-electron chi connectivity index (χ2n) is 5.86. The Morgan fingerprint density at radius 1 is 1.45 bits per heavy atom. The molecule has 0 aliphatic carbocycles. The third-order valence-electron chi connectivity index (χ3n) is 3.75. The number of amides is 1. The molecule has 0 saturated heterocycles. The number of nitro groups is 1. The highest BCUT2D eigenvalue weighted by Crippen LogP contribution is 2.25. The number of nitro benzene ring substituents is 1. The number of nitrogens with zero attached hydrogens (tertiary/aromatic N) is 1. The lowest BCUT2D eigenvalue weighted by Crippen LogP contribution is -2.37. The van der Waals surface area contributed by atoms with Crippen LogP contribution in [0.2, 0.25) is 0 Å². The summed E-state index contributed by atoms with van der Waals surface area (Å²) in [7, 11) is 0. The quantitative estimate of drug-likeness (QED) is 0.491. The Labute approximate surface area is 118 Å². The van der Waals surface area contributed by atoms with Gasteiger partial charge in [-0.15, -0.1) is 0 Å². The van der Waals surface area contributed by atoms with Crippen LogP contribution in [-0.4, -0.2) is 17.4 Å². The fraction of sp³-hybridized carbons (Fsp3) is 0.500. The van der Waals surface area contributed by atoms with Crippen molar-refractivity contribution in [2.45, 2.75) is 27.7 Å². The molecule has 6 heteroatoms. The average molecular weight is 279 g/mol. The van der Waals surface area contributed by atoms with Gasteiger partial charge in [0.05, 0.1) is 4.92 Å². The normalized spacial score (nSPS) is 11.4. The monoisotopic (exact) mass is 279 g/mol. The number of carbonyl (C=O) groups is 1. The SMILES string of the molecule is CC(C)C(C)(C)CNC(=O)c1ccc([N+](=O)[O-])c(N)c1. The number of hydrogen-bond acceptors (Lipinski definition) is 4. The second kappa shape index (κ2) is 5.90. The van der Waals surface area contributed by atoms with Crippen molar-refractivity contribution >= 4 is 17.3 Å². The lowest BCUT2D eigenvalue weighted by molar-refractivity contribution is -0.383. The molecule has 6 nitrogen and oxygen atoms in total. The zero-order valence-electron chi connectivity index (χ0n) is 12.3. The van der Waals surface area contributed by atoms with Crippen molar-refractivity contribution in [1.29, 1.82) is 0 Å². The van der Waals surface area contributed by atoms with Crippen LogP contribution in [-0.2, 0) is 0 Å². The lowest BCUT2D eigenvalue weighted by Gasteiger charge is -2.29. The van der Waals surface area contributed by atoms with Crippen LogP contribution in [0.15, 0.2) is 18.2 Å². The predicted octanol–water partition coefficient (Wildman–Crippen LogP) is 2.59. The Kier molecular flexibility index (Phi) is 4.70. The van der Waals surface area contributed by atoms with Crippen molar-refractivity contribution in [3.63, 3.8) is 0 Å². The number of anilines is 1. The molecule has 110 valence electrons. The number of nitrogens with two attached hydrogens (primary N) is 1. The maximum Gasteiger partial charge on any atom is 0.292 e. The number of rotatable bonds is 5. The molecule has 20 heavy (non-hydrogen) atoms. The van der Waals surface area contributed by atoms with Gasteiger partial charge in [-0.3, -0.25) is 14.9 Å². The van der Waals surface area contributed by atoms with Gasteiger partial charge in [-0.25, -0.2) is 0 Å². The van der Waals surface area contributed by atoms with Crippen molar-refractivity contribution in [1.82, 2.24) is 5.32 Å². The molecule has 3 N–H and O–H groups in total. The van der Waals surface area contributed by atoms with Crippen molar-refractivity contribution in [2.24, 2.45) is 11.3 Å². The summed E-state index contributed by atoms with van der Waals surface area (Å²) in [6, 6.07) is 3.99. The van der Waals surface area contributed by atoms with Crippen LogP contribution in [0.4, 0.5) is 11.4 Å². The first kappa shape index (κ1) is 15.9. The molecule has 0 aliphatic rings. The molecule has 0 unspecified atom stereocenters. The molecule has 0 spiro atoms.